The lowest BCUT2D eigenvalue weighted by Crippen LogP contribution is -2.38. The Hall–Kier alpha value is -2.51. The molecule has 0 spiro atoms. The van der Waals surface area contributed by atoms with Crippen LogP contribution in [0, 0.1) is 11.3 Å². The third-order valence-electron chi connectivity index (χ3n) is 3.57. The topological polar surface area (TPSA) is 60.2 Å². The van der Waals surface area contributed by atoms with Gasteiger partial charge in [0.1, 0.15) is 0 Å². The number of nitriles is 1. The summed E-state index contributed by atoms with van der Waals surface area (Å²) in [5.74, 6) is 0.754. The molecule has 1 unspecified atom stereocenters. The second-order valence-electron chi connectivity index (χ2n) is 5.42. The predicted molar refractivity (Wildman–Crippen MR) is 99.0 cm³/mol. The SMILES string of the molecule is CCNC(=NCc1ccc(C#N)cc1)NC(C)c1ccc(Cl)cc1. The number of guanidine groups is 1. The van der Waals surface area contributed by atoms with Gasteiger partial charge in [-0.05, 0) is 49.2 Å². The molecule has 2 N–H and O–H groups in total. The van der Waals surface area contributed by atoms with E-state index in [1.54, 1.807) is 0 Å². The van der Waals surface area contributed by atoms with E-state index in [1.165, 1.54) is 0 Å². The van der Waals surface area contributed by atoms with Gasteiger partial charge >= 0.3 is 0 Å². The monoisotopic (exact) mass is 340 g/mol. The molecule has 124 valence electrons. The van der Waals surface area contributed by atoms with E-state index in [4.69, 9.17) is 16.9 Å². The molecule has 0 amide bonds. The van der Waals surface area contributed by atoms with E-state index in [9.17, 15) is 0 Å². The summed E-state index contributed by atoms with van der Waals surface area (Å²) >= 11 is 5.93. The zero-order valence-corrected chi connectivity index (χ0v) is 14.6. The highest BCUT2D eigenvalue weighted by Crippen LogP contribution is 2.16. The maximum Gasteiger partial charge on any atom is 0.192 e. The van der Waals surface area contributed by atoms with Gasteiger partial charge in [-0.1, -0.05) is 35.9 Å². The summed E-state index contributed by atoms with van der Waals surface area (Å²) in [5.41, 5.74) is 2.86. The van der Waals surface area contributed by atoms with Crippen molar-refractivity contribution in [3.63, 3.8) is 0 Å². The van der Waals surface area contributed by atoms with Gasteiger partial charge in [-0.25, -0.2) is 4.99 Å². The van der Waals surface area contributed by atoms with Gasteiger partial charge in [0.25, 0.3) is 0 Å². The summed E-state index contributed by atoms with van der Waals surface area (Å²) in [6.07, 6.45) is 0. The quantitative estimate of drug-likeness (QED) is 0.638. The second kappa shape index (κ2) is 8.95. The molecule has 0 saturated heterocycles. The Bertz CT molecular complexity index is 715. The van der Waals surface area contributed by atoms with E-state index < -0.39 is 0 Å². The van der Waals surface area contributed by atoms with E-state index >= 15 is 0 Å². The number of halogens is 1. The van der Waals surface area contributed by atoms with Crippen LogP contribution in [0.5, 0.6) is 0 Å². The third-order valence-corrected chi connectivity index (χ3v) is 3.82. The van der Waals surface area contributed by atoms with E-state index in [0.29, 0.717) is 12.1 Å². The molecule has 0 aliphatic rings. The van der Waals surface area contributed by atoms with Crippen LogP contribution in [0.15, 0.2) is 53.5 Å². The fourth-order valence-electron chi connectivity index (χ4n) is 2.21. The van der Waals surface area contributed by atoms with E-state index in [-0.39, 0.29) is 6.04 Å². The van der Waals surface area contributed by atoms with Crippen LogP contribution < -0.4 is 10.6 Å². The summed E-state index contributed by atoms with van der Waals surface area (Å²) in [5, 5.41) is 16.2. The number of aliphatic imine (C=N–C) groups is 1. The molecule has 2 aromatic rings. The minimum absolute atomic E-state index is 0.112. The van der Waals surface area contributed by atoms with Crippen LogP contribution >= 0.6 is 11.6 Å². The van der Waals surface area contributed by atoms with Crippen molar-refractivity contribution in [3.8, 4) is 6.07 Å². The van der Waals surface area contributed by atoms with Crippen LogP contribution in [0.1, 0.15) is 36.6 Å². The predicted octanol–water partition coefficient (Wildman–Crippen LogP) is 4.03. The molecule has 0 aromatic heterocycles. The van der Waals surface area contributed by atoms with Crippen molar-refractivity contribution in [1.82, 2.24) is 10.6 Å². The largest absolute Gasteiger partial charge is 0.357 e. The summed E-state index contributed by atoms with van der Waals surface area (Å²) in [7, 11) is 0. The van der Waals surface area contributed by atoms with Crippen molar-refractivity contribution in [2.24, 2.45) is 4.99 Å². The Morgan fingerprint density at radius 2 is 1.83 bits per heavy atom. The highest BCUT2D eigenvalue weighted by molar-refractivity contribution is 6.30. The number of hydrogen-bond donors (Lipinski definition) is 2. The summed E-state index contributed by atoms with van der Waals surface area (Å²) < 4.78 is 0. The number of nitrogens with one attached hydrogen (secondary N) is 2. The fraction of sp³-hybridized carbons (Fsp3) is 0.263. The molecule has 0 aliphatic carbocycles. The first-order chi connectivity index (χ1) is 11.6. The molecule has 1 atom stereocenters. The smallest absolute Gasteiger partial charge is 0.192 e. The van der Waals surface area contributed by atoms with E-state index in [0.717, 1.165) is 28.7 Å². The molecule has 0 bridgehead atoms. The first-order valence-corrected chi connectivity index (χ1v) is 8.29. The lowest BCUT2D eigenvalue weighted by Gasteiger charge is -2.18. The highest BCUT2D eigenvalue weighted by Gasteiger charge is 2.07. The van der Waals surface area contributed by atoms with Crippen molar-refractivity contribution in [2.45, 2.75) is 26.4 Å². The molecular weight excluding hydrogens is 320 g/mol. The molecule has 2 aromatic carbocycles. The van der Waals surface area contributed by atoms with E-state index in [2.05, 4.69) is 28.6 Å². The van der Waals surface area contributed by atoms with Crippen LogP contribution in [-0.2, 0) is 6.54 Å². The Morgan fingerprint density at radius 3 is 2.42 bits per heavy atom. The van der Waals surface area contributed by atoms with Gasteiger partial charge < -0.3 is 10.6 Å². The normalized spacial score (nSPS) is 12.3. The standard InChI is InChI=1S/C19H21ClN4/c1-3-22-19(23-13-16-6-4-15(12-21)5-7-16)24-14(2)17-8-10-18(20)11-9-17/h4-11,14H,3,13H2,1-2H3,(H2,22,23,24). The van der Waals surface area contributed by atoms with E-state index in [1.807, 2.05) is 55.5 Å². The summed E-state index contributed by atoms with van der Waals surface area (Å²) in [6, 6.07) is 17.5. The number of rotatable bonds is 5. The zero-order valence-electron chi connectivity index (χ0n) is 13.9. The first kappa shape index (κ1) is 17.8. The molecular formula is C19H21ClN4. The first-order valence-electron chi connectivity index (χ1n) is 7.91. The Kier molecular flexibility index (Phi) is 6.65. The van der Waals surface area contributed by atoms with Crippen molar-refractivity contribution in [3.05, 3.63) is 70.2 Å². The second-order valence-corrected chi connectivity index (χ2v) is 5.86. The van der Waals surface area contributed by atoms with Crippen LogP contribution in [0.25, 0.3) is 0 Å². The van der Waals surface area contributed by atoms with Crippen LogP contribution in [-0.4, -0.2) is 12.5 Å². The molecule has 0 aliphatic heterocycles. The van der Waals surface area contributed by atoms with Crippen molar-refractivity contribution >= 4 is 17.6 Å². The number of benzene rings is 2. The minimum atomic E-state index is 0.112. The zero-order chi connectivity index (χ0) is 17.4. The van der Waals surface area contributed by atoms with Gasteiger partial charge in [0.2, 0.25) is 0 Å². The van der Waals surface area contributed by atoms with Gasteiger partial charge in [-0.15, -0.1) is 0 Å². The van der Waals surface area contributed by atoms with Crippen LogP contribution in [0.3, 0.4) is 0 Å². The molecule has 0 fully saturated rings. The Labute approximate surface area is 148 Å². The maximum absolute atomic E-state index is 8.84. The fourth-order valence-corrected chi connectivity index (χ4v) is 2.34. The van der Waals surface area contributed by atoms with Gasteiger partial charge in [0.15, 0.2) is 5.96 Å². The molecule has 2 rings (SSSR count). The Morgan fingerprint density at radius 1 is 1.17 bits per heavy atom. The minimum Gasteiger partial charge on any atom is -0.357 e. The number of nitrogens with zero attached hydrogens (tertiary/aromatic N) is 2. The molecule has 0 radical (unpaired) electrons. The highest BCUT2D eigenvalue weighted by atomic mass is 35.5. The number of hydrogen-bond acceptors (Lipinski definition) is 2. The van der Waals surface area contributed by atoms with Gasteiger partial charge in [0.05, 0.1) is 24.2 Å². The van der Waals surface area contributed by atoms with Gasteiger partial charge in [-0.3, -0.25) is 0 Å². The van der Waals surface area contributed by atoms with Crippen molar-refractivity contribution in [1.29, 1.82) is 5.26 Å². The summed E-state index contributed by atoms with van der Waals surface area (Å²) in [4.78, 5) is 4.61. The third kappa shape index (κ3) is 5.29. The van der Waals surface area contributed by atoms with Gasteiger partial charge in [-0.2, -0.15) is 5.26 Å². The maximum atomic E-state index is 8.84. The molecule has 0 saturated carbocycles. The molecule has 5 heteroatoms. The molecule has 4 nitrogen and oxygen atoms in total. The average Bonchev–Trinajstić information content (AvgIpc) is 2.61. The lowest BCUT2D eigenvalue weighted by atomic mass is 10.1. The Balaban J connectivity index is 2.04. The van der Waals surface area contributed by atoms with Crippen molar-refractivity contribution in [2.75, 3.05) is 6.54 Å². The molecule has 0 heterocycles. The van der Waals surface area contributed by atoms with Crippen molar-refractivity contribution < 1.29 is 0 Å². The lowest BCUT2D eigenvalue weighted by molar-refractivity contribution is 0.686. The van der Waals surface area contributed by atoms with Crippen LogP contribution in [0.2, 0.25) is 5.02 Å². The molecule has 24 heavy (non-hydrogen) atoms. The summed E-state index contributed by atoms with van der Waals surface area (Å²) in [6.45, 7) is 5.45. The van der Waals surface area contributed by atoms with Crippen LogP contribution in [0.4, 0.5) is 0 Å². The average molecular weight is 341 g/mol. The van der Waals surface area contributed by atoms with Gasteiger partial charge in [0, 0.05) is 11.6 Å².